The minimum absolute atomic E-state index is 0. The Bertz CT molecular complexity index is 568. The lowest BCUT2D eigenvalue weighted by molar-refractivity contribution is -0.143. The molecule has 5 nitrogen and oxygen atoms in total. The summed E-state index contributed by atoms with van der Waals surface area (Å²) in [5.41, 5.74) is 1.22. The van der Waals surface area contributed by atoms with Crippen LogP contribution in [0, 0.1) is 0 Å². The van der Waals surface area contributed by atoms with E-state index < -0.39 is 12.7 Å². The monoisotopic (exact) mass is 499 g/mol. The smallest absolute Gasteiger partial charge is 0.369 e. The number of nitrogens with zero attached hydrogens (tertiary/aromatic N) is 3. The molecule has 2 N–H and O–H groups in total. The van der Waals surface area contributed by atoms with Gasteiger partial charge in [-0.25, -0.2) is 0 Å². The van der Waals surface area contributed by atoms with E-state index in [1.165, 1.54) is 17.6 Å². The van der Waals surface area contributed by atoms with Crippen molar-refractivity contribution in [2.75, 3.05) is 51.7 Å². The first-order valence-corrected chi connectivity index (χ1v) is 8.90. The van der Waals surface area contributed by atoms with Crippen LogP contribution in [0.2, 0.25) is 0 Å². The van der Waals surface area contributed by atoms with E-state index in [-0.39, 0.29) is 24.0 Å². The van der Waals surface area contributed by atoms with Crippen LogP contribution in [-0.4, -0.2) is 69.9 Å². The average molecular weight is 499 g/mol. The van der Waals surface area contributed by atoms with Crippen molar-refractivity contribution >= 4 is 35.6 Å². The third kappa shape index (κ3) is 9.00. The first-order chi connectivity index (χ1) is 12.4. The molecule has 1 heterocycles. The maximum atomic E-state index is 12.3. The molecule has 0 aliphatic carbocycles. The molecule has 1 aromatic rings. The summed E-state index contributed by atoms with van der Waals surface area (Å²) in [4.78, 5) is 7.82. The van der Waals surface area contributed by atoms with Gasteiger partial charge in [-0.05, 0) is 38.6 Å². The normalized spacial score (nSPS) is 17.8. The second-order valence-corrected chi connectivity index (χ2v) is 6.62. The van der Waals surface area contributed by atoms with E-state index in [0.717, 1.165) is 19.5 Å². The van der Waals surface area contributed by atoms with Crippen molar-refractivity contribution in [3.63, 3.8) is 0 Å². The van der Waals surface area contributed by atoms with E-state index in [4.69, 9.17) is 0 Å². The summed E-state index contributed by atoms with van der Waals surface area (Å²) >= 11 is 0. The number of halogens is 4. The number of alkyl halides is 3. The summed E-state index contributed by atoms with van der Waals surface area (Å²) in [6.07, 6.45) is -2.51. The van der Waals surface area contributed by atoms with Gasteiger partial charge in [-0.3, -0.25) is 9.89 Å². The van der Waals surface area contributed by atoms with E-state index in [2.05, 4.69) is 32.7 Å². The topological polar surface area (TPSA) is 42.9 Å². The van der Waals surface area contributed by atoms with E-state index in [0.29, 0.717) is 31.5 Å². The maximum Gasteiger partial charge on any atom is 0.401 e. The molecular formula is C18H29F3IN5. The minimum atomic E-state index is -4.15. The molecule has 1 atom stereocenters. The molecule has 1 aromatic carbocycles. The number of hydrogen-bond donors (Lipinski definition) is 2. The van der Waals surface area contributed by atoms with E-state index in [1.807, 2.05) is 18.2 Å². The molecule has 1 aliphatic rings. The van der Waals surface area contributed by atoms with Crippen LogP contribution in [0.5, 0.6) is 0 Å². The van der Waals surface area contributed by atoms with Gasteiger partial charge in [-0.2, -0.15) is 13.2 Å². The second-order valence-electron chi connectivity index (χ2n) is 6.62. The van der Waals surface area contributed by atoms with Crippen LogP contribution in [0.15, 0.2) is 35.3 Å². The molecule has 0 saturated carbocycles. The Morgan fingerprint density at radius 2 is 2.00 bits per heavy atom. The zero-order chi connectivity index (χ0) is 19.0. The van der Waals surface area contributed by atoms with Gasteiger partial charge in [0.05, 0.1) is 6.54 Å². The van der Waals surface area contributed by atoms with E-state index >= 15 is 0 Å². The number of hydrogen-bond acceptors (Lipinski definition) is 3. The van der Waals surface area contributed by atoms with Crippen molar-refractivity contribution in [2.45, 2.75) is 25.1 Å². The van der Waals surface area contributed by atoms with Crippen LogP contribution in [0.1, 0.15) is 12.8 Å². The molecule has 9 heteroatoms. The zero-order valence-electron chi connectivity index (χ0n) is 15.8. The lowest BCUT2D eigenvalue weighted by Gasteiger charge is -2.21. The SMILES string of the molecule is CN=C(NCCCN(C)CC(F)(F)F)NC1CCN(c2ccccc2)C1.I. The number of anilines is 1. The van der Waals surface area contributed by atoms with Crippen molar-refractivity contribution in [3.8, 4) is 0 Å². The zero-order valence-corrected chi connectivity index (χ0v) is 18.1. The molecule has 1 saturated heterocycles. The Balaban J connectivity index is 0.00000364. The summed E-state index contributed by atoms with van der Waals surface area (Å²) in [7, 11) is 3.19. The molecule has 0 amide bonds. The van der Waals surface area contributed by atoms with Gasteiger partial charge < -0.3 is 15.5 Å². The van der Waals surface area contributed by atoms with Crippen LogP contribution in [0.25, 0.3) is 0 Å². The predicted molar refractivity (Wildman–Crippen MR) is 115 cm³/mol. The van der Waals surface area contributed by atoms with Crippen LogP contribution in [0.4, 0.5) is 18.9 Å². The highest BCUT2D eigenvalue weighted by Gasteiger charge is 2.28. The van der Waals surface area contributed by atoms with Gasteiger partial charge in [0.25, 0.3) is 0 Å². The minimum Gasteiger partial charge on any atom is -0.369 e. The van der Waals surface area contributed by atoms with Crippen molar-refractivity contribution in [3.05, 3.63) is 30.3 Å². The third-order valence-electron chi connectivity index (χ3n) is 4.33. The molecule has 0 bridgehead atoms. The molecule has 0 aromatic heterocycles. The lowest BCUT2D eigenvalue weighted by atomic mass is 10.2. The average Bonchev–Trinajstić information content (AvgIpc) is 3.05. The van der Waals surface area contributed by atoms with E-state index in [1.54, 1.807) is 7.05 Å². The number of para-hydroxylation sites is 1. The first kappa shape index (κ1) is 23.8. The molecule has 2 rings (SSSR count). The van der Waals surface area contributed by atoms with Crippen LogP contribution < -0.4 is 15.5 Å². The highest BCUT2D eigenvalue weighted by molar-refractivity contribution is 14.0. The standard InChI is InChI=1S/C18H28F3N5.HI/c1-22-17(23-10-6-11-25(2)14-18(19,20)21)24-15-9-12-26(13-15)16-7-4-3-5-8-16;/h3-5,7-8,15H,6,9-14H2,1-2H3,(H2,22,23,24);1H. The summed E-state index contributed by atoms with van der Waals surface area (Å²) < 4.78 is 36.9. The molecular weight excluding hydrogens is 470 g/mol. The third-order valence-corrected chi connectivity index (χ3v) is 4.33. The first-order valence-electron chi connectivity index (χ1n) is 8.90. The molecule has 1 unspecified atom stereocenters. The summed E-state index contributed by atoms with van der Waals surface area (Å²) in [6, 6.07) is 10.6. The number of benzene rings is 1. The number of aliphatic imine (C=N–C) groups is 1. The second kappa shape index (κ2) is 11.6. The Morgan fingerprint density at radius 1 is 1.30 bits per heavy atom. The number of rotatable bonds is 7. The lowest BCUT2D eigenvalue weighted by Crippen LogP contribution is -2.45. The van der Waals surface area contributed by atoms with E-state index in [9.17, 15) is 13.2 Å². The van der Waals surface area contributed by atoms with Gasteiger partial charge in [-0.1, -0.05) is 18.2 Å². The summed E-state index contributed by atoms with van der Waals surface area (Å²) in [6.45, 7) is 1.98. The number of guanidine groups is 1. The summed E-state index contributed by atoms with van der Waals surface area (Å²) in [5.74, 6) is 0.698. The molecule has 0 radical (unpaired) electrons. The largest absolute Gasteiger partial charge is 0.401 e. The quantitative estimate of drug-likeness (QED) is 0.262. The highest BCUT2D eigenvalue weighted by atomic mass is 127. The van der Waals surface area contributed by atoms with Crippen LogP contribution in [0.3, 0.4) is 0 Å². The van der Waals surface area contributed by atoms with Crippen LogP contribution >= 0.6 is 24.0 Å². The highest BCUT2D eigenvalue weighted by Crippen LogP contribution is 2.19. The van der Waals surface area contributed by atoms with Crippen molar-refractivity contribution in [1.82, 2.24) is 15.5 Å². The Morgan fingerprint density at radius 3 is 2.63 bits per heavy atom. The van der Waals surface area contributed by atoms with Gasteiger partial charge >= 0.3 is 6.18 Å². The van der Waals surface area contributed by atoms with Gasteiger partial charge in [0.15, 0.2) is 5.96 Å². The molecule has 1 aliphatic heterocycles. The van der Waals surface area contributed by atoms with Gasteiger partial charge in [0, 0.05) is 38.4 Å². The van der Waals surface area contributed by atoms with Gasteiger partial charge in [-0.15, -0.1) is 24.0 Å². The Labute approximate surface area is 176 Å². The van der Waals surface area contributed by atoms with Crippen molar-refractivity contribution < 1.29 is 13.2 Å². The van der Waals surface area contributed by atoms with Crippen molar-refractivity contribution in [2.24, 2.45) is 4.99 Å². The van der Waals surface area contributed by atoms with Gasteiger partial charge in [0.2, 0.25) is 0 Å². The predicted octanol–water partition coefficient (Wildman–Crippen LogP) is 2.93. The van der Waals surface area contributed by atoms with Gasteiger partial charge in [0.1, 0.15) is 0 Å². The molecule has 1 fully saturated rings. The fraction of sp³-hybridized carbons (Fsp3) is 0.611. The van der Waals surface area contributed by atoms with Crippen molar-refractivity contribution in [1.29, 1.82) is 0 Å². The molecule has 27 heavy (non-hydrogen) atoms. The summed E-state index contributed by atoms with van der Waals surface area (Å²) in [5, 5.41) is 6.58. The molecule has 0 spiro atoms. The fourth-order valence-corrected chi connectivity index (χ4v) is 3.08. The van der Waals surface area contributed by atoms with Crippen LogP contribution in [-0.2, 0) is 0 Å². The Hall–Kier alpha value is -1.23. The molecule has 154 valence electrons. The Kier molecular flexibility index (Phi) is 10.2. The number of nitrogens with one attached hydrogen (secondary N) is 2. The maximum absolute atomic E-state index is 12.3. The fourth-order valence-electron chi connectivity index (χ4n) is 3.08.